The van der Waals surface area contributed by atoms with Crippen LogP contribution in [0.2, 0.25) is 5.02 Å². The van der Waals surface area contributed by atoms with Gasteiger partial charge in [-0.25, -0.2) is 0 Å². The molecule has 1 amide bonds. The van der Waals surface area contributed by atoms with Crippen molar-refractivity contribution in [3.63, 3.8) is 0 Å². The van der Waals surface area contributed by atoms with Crippen LogP contribution < -0.4 is 14.8 Å². The average Bonchev–Trinajstić information content (AvgIpc) is 2.55. The molecule has 0 saturated heterocycles. The molecule has 0 bridgehead atoms. The molecule has 2 aromatic carbocycles. The first-order chi connectivity index (χ1) is 11.0. The number of aryl methyl sites for hydroxylation is 1. The minimum Gasteiger partial charge on any atom is -0.493 e. The Morgan fingerprint density at radius 2 is 1.70 bits per heavy atom. The summed E-state index contributed by atoms with van der Waals surface area (Å²) >= 11 is 5.83. The van der Waals surface area contributed by atoms with E-state index in [2.05, 4.69) is 5.32 Å². The molecule has 0 fully saturated rings. The van der Waals surface area contributed by atoms with E-state index in [0.717, 1.165) is 11.1 Å². The van der Waals surface area contributed by atoms with Crippen molar-refractivity contribution >= 4 is 29.3 Å². The Balaban J connectivity index is 2.12. The summed E-state index contributed by atoms with van der Waals surface area (Å²) in [5.41, 5.74) is 2.46. The van der Waals surface area contributed by atoms with Crippen LogP contribution in [0.4, 0.5) is 5.69 Å². The van der Waals surface area contributed by atoms with Crippen LogP contribution in [0.3, 0.4) is 0 Å². The highest BCUT2D eigenvalue weighted by molar-refractivity contribution is 6.30. The minimum absolute atomic E-state index is 0.227. The maximum atomic E-state index is 12.1. The van der Waals surface area contributed by atoms with Gasteiger partial charge in [0.1, 0.15) is 0 Å². The maximum absolute atomic E-state index is 12.1. The Morgan fingerprint density at radius 3 is 2.30 bits per heavy atom. The van der Waals surface area contributed by atoms with Crippen molar-refractivity contribution in [3.8, 4) is 11.5 Å². The highest BCUT2D eigenvalue weighted by Gasteiger charge is 2.09. The number of carbonyl (C=O) groups is 1. The van der Waals surface area contributed by atoms with Crippen molar-refractivity contribution in [2.24, 2.45) is 0 Å². The molecular weight excluding hydrogens is 314 g/mol. The number of hydrogen-bond donors (Lipinski definition) is 1. The maximum Gasteiger partial charge on any atom is 0.248 e. The molecule has 0 aromatic heterocycles. The Bertz CT molecular complexity index is 724. The van der Waals surface area contributed by atoms with E-state index < -0.39 is 0 Å². The second-order valence-corrected chi connectivity index (χ2v) is 5.33. The fraction of sp³-hybridized carbons (Fsp3) is 0.167. The number of methoxy groups -OCH3 is 2. The molecule has 0 heterocycles. The molecule has 1 N–H and O–H groups in total. The number of rotatable bonds is 5. The van der Waals surface area contributed by atoms with Crippen LogP contribution in [0.15, 0.2) is 42.5 Å². The molecule has 4 nitrogen and oxygen atoms in total. The van der Waals surface area contributed by atoms with Gasteiger partial charge in [-0.15, -0.1) is 0 Å². The van der Waals surface area contributed by atoms with Crippen molar-refractivity contribution in [2.75, 3.05) is 19.5 Å². The normalized spacial score (nSPS) is 10.6. The van der Waals surface area contributed by atoms with Gasteiger partial charge in [0, 0.05) is 22.9 Å². The molecule has 0 aliphatic heterocycles. The Morgan fingerprint density at radius 1 is 1.09 bits per heavy atom. The first kappa shape index (κ1) is 16.9. The minimum atomic E-state index is -0.227. The largest absolute Gasteiger partial charge is 0.493 e. The van der Waals surface area contributed by atoms with E-state index in [1.807, 2.05) is 25.1 Å². The third-order valence-electron chi connectivity index (χ3n) is 3.29. The van der Waals surface area contributed by atoms with E-state index >= 15 is 0 Å². The fourth-order valence-corrected chi connectivity index (χ4v) is 2.16. The third-order valence-corrected chi connectivity index (χ3v) is 3.54. The van der Waals surface area contributed by atoms with Gasteiger partial charge in [-0.1, -0.05) is 23.7 Å². The van der Waals surface area contributed by atoms with Gasteiger partial charge in [0.2, 0.25) is 5.91 Å². The molecule has 0 saturated carbocycles. The van der Waals surface area contributed by atoms with Crippen LogP contribution in [0.5, 0.6) is 11.5 Å². The Hall–Kier alpha value is -2.46. The van der Waals surface area contributed by atoms with Gasteiger partial charge < -0.3 is 14.8 Å². The first-order valence-electron chi connectivity index (χ1n) is 7.00. The summed E-state index contributed by atoms with van der Waals surface area (Å²) in [5, 5.41) is 3.49. The predicted molar refractivity (Wildman–Crippen MR) is 93.4 cm³/mol. The first-order valence-corrected chi connectivity index (χ1v) is 7.38. The van der Waals surface area contributed by atoms with E-state index in [-0.39, 0.29) is 5.91 Å². The number of hydrogen-bond acceptors (Lipinski definition) is 3. The topological polar surface area (TPSA) is 47.6 Å². The fourth-order valence-electron chi connectivity index (χ4n) is 2.04. The number of anilines is 1. The molecule has 2 aromatic rings. The van der Waals surface area contributed by atoms with Crippen LogP contribution in [0.25, 0.3) is 6.08 Å². The summed E-state index contributed by atoms with van der Waals surface area (Å²) in [6, 6.07) is 10.8. The number of halogens is 1. The van der Waals surface area contributed by atoms with Crippen LogP contribution >= 0.6 is 11.6 Å². The molecule has 120 valence electrons. The van der Waals surface area contributed by atoms with Crippen LogP contribution in [0, 0.1) is 6.92 Å². The summed E-state index contributed by atoms with van der Waals surface area (Å²) in [7, 11) is 3.13. The Kier molecular flexibility index (Phi) is 5.66. The second-order valence-electron chi connectivity index (χ2n) is 4.90. The summed E-state index contributed by atoms with van der Waals surface area (Å²) in [5.74, 6) is 0.963. The zero-order valence-corrected chi connectivity index (χ0v) is 14.0. The molecule has 0 aliphatic carbocycles. The van der Waals surface area contributed by atoms with Gasteiger partial charge in [0.15, 0.2) is 11.5 Å². The van der Waals surface area contributed by atoms with Crippen molar-refractivity contribution < 1.29 is 14.3 Å². The molecule has 2 rings (SSSR count). The number of ether oxygens (including phenoxy) is 2. The number of amides is 1. The van der Waals surface area contributed by atoms with Crippen LogP contribution in [-0.2, 0) is 4.79 Å². The van der Waals surface area contributed by atoms with Gasteiger partial charge >= 0.3 is 0 Å². The van der Waals surface area contributed by atoms with E-state index in [0.29, 0.717) is 22.2 Å². The predicted octanol–water partition coefficient (Wildman–Crippen LogP) is 4.32. The SMILES string of the molecule is COc1cc(C)c(NC(=O)/C=C/c2ccc(Cl)cc2)cc1OC. The molecule has 0 unspecified atom stereocenters. The van der Waals surface area contributed by atoms with Crippen molar-refractivity contribution in [1.29, 1.82) is 0 Å². The molecule has 0 atom stereocenters. The quantitative estimate of drug-likeness (QED) is 0.830. The summed E-state index contributed by atoms with van der Waals surface area (Å²) < 4.78 is 10.5. The molecular formula is C18H18ClNO3. The second kappa shape index (κ2) is 7.70. The summed E-state index contributed by atoms with van der Waals surface area (Å²) in [4.78, 5) is 12.1. The van der Waals surface area contributed by atoms with E-state index in [1.165, 1.54) is 6.08 Å². The molecule has 0 spiro atoms. The highest BCUT2D eigenvalue weighted by atomic mass is 35.5. The molecule has 5 heteroatoms. The van der Waals surface area contributed by atoms with Crippen molar-refractivity contribution in [3.05, 3.63) is 58.6 Å². The van der Waals surface area contributed by atoms with Gasteiger partial charge in [0.25, 0.3) is 0 Å². The zero-order chi connectivity index (χ0) is 16.8. The van der Waals surface area contributed by atoms with Gasteiger partial charge in [0.05, 0.1) is 14.2 Å². The van der Waals surface area contributed by atoms with Crippen LogP contribution in [0.1, 0.15) is 11.1 Å². The average molecular weight is 332 g/mol. The van der Waals surface area contributed by atoms with Crippen molar-refractivity contribution in [1.82, 2.24) is 0 Å². The van der Waals surface area contributed by atoms with Crippen LogP contribution in [-0.4, -0.2) is 20.1 Å². The van der Waals surface area contributed by atoms with E-state index in [1.54, 1.807) is 38.5 Å². The lowest BCUT2D eigenvalue weighted by Crippen LogP contribution is -2.09. The number of nitrogens with one attached hydrogen (secondary N) is 1. The lowest BCUT2D eigenvalue weighted by molar-refractivity contribution is -0.111. The van der Waals surface area contributed by atoms with Gasteiger partial charge in [-0.2, -0.15) is 0 Å². The highest BCUT2D eigenvalue weighted by Crippen LogP contribution is 2.32. The number of benzene rings is 2. The smallest absolute Gasteiger partial charge is 0.248 e. The lowest BCUT2D eigenvalue weighted by atomic mass is 10.1. The standard InChI is InChI=1S/C18H18ClNO3/c1-12-10-16(22-2)17(23-3)11-15(12)20-18(21)9-6-13-4-7-14(19)8-5-13/h4-11H,1-3H3,(H,20,21)/b9-6+. The van der Waals surface area contributed by atoms with E-state index in [4.69, 9.17) is 21.1 Å². The van der Waals surface area contributed by atoms with Gasteiger partial charge in [-0.3, -0.25) is 4.79 Å². The molecule has 0 radical (unpaired) electrons. The monoisotopic (exact) mass is 331 g/mol. The Labute approximate surface area is 140 Å². The lowest BCUT2D eigenvalue weighted by Gasteiger charge is -2.12. The molecule has 23 heavy (non-hydrogen) atoms. The summed E-state index contributed by atoms with van der Waals surface area (Å²) in [6.07, 6.45) is 3.20. The van der Waals surface area contributed by atoms with Gasteiger partial charge in [-0.05, 0) is 42.3 Å². The zero-order valence-electron chi connectivity index (χ0n) is 13.2. The molecule has 0 aliphatic rings. The van der Waals surface area contributed by atoms with E-state index in [9.17, 15) is 4.79 Å². The number of carbonyl (C=O) groups excluding carboxylic acids is 1. The third kappa shape index (κ3) is 4.50. The van der Waals surface area contributed by atoms with Crippen molar-refractivity contribution in [2.45, 2.75) is 6.92 Å². The summed E-state index contributed by atoms with van der Waals surface area (Å²) in [6.45, 7) is 1.89.